The van der Waals surface area contributed by atoms with Gasteiger partial charge in [-0.15, -0.1) is 0 Å². The van der Waals surface area contributed by atoms with E-state index in [9.17, 15) is 0 Å². The molecule has 0 aromatic rings. The van der Waals surface area contributed by atoms with E-state index in [-0.39, 0.29) is 5.54 Å². The van der Waals surface area contributed by atoms with Crippen molar-refractivity contribution in [1.82, 2.24) is 10.4 Å². The molecule has 3 fully saturated rings. The normalized spacial score (nSPS) is 42.0. The standard InChI is InChI=1S/C11H23N3/c1-14(2)13-11(8-12)7-9-3-5-10(11)6-4-9/h9-10,13H,3-8,12H2,1-2H3. The Kier molecular flexibility index (Phi) is 2.82. The van der Waals surface area contributed by atoms with Gasteiger partial charge in [-0.2, -0.15) is 0 Å². The van der Waals surface area contributed by atoms with Gasteiger partial charge in [0.2, 0.25) is 0 Å². The van der Waals surface area contributed by atoms with Crippen LogP contribution in [0.3, 0.4) is 0 Å². The maximum atomic E-state index is 5.98. The van der Waals surface area contributed by atoms with E-state index in [2.05, 4.69) is 24.5 Å². The third-order valence-corrected chi connectivity index (χ3v) is 4.09. The fourth-order valence-electron chi connectivity index (χ4n) is 3.48. The molecule has 0 aromatic heterocycles. The average Bonchev–Trinajstić information content (AvgIpc) is 2.18. The van der Waals surface area contributed by atoms with Crippen LogP contribution in [0.15, 0.2) is 0 Å². The highest BCUT2D eigenvalue weighted by molar-refractivity contribution is 5.03. The summed E-state index contributed by atoms with van der Waals surface area (Å²) in [7, 11) is 4.14. The third-order valence-electron chi connectivity index (χ3n) is 4.09. The van der Waals surface area contributed by atoms with Crippen LogP contribution in [0.2, 0.25) is 0 Å². The summed E-state index contributed by atoms with van der Waals surface area (Å²) in [6, 6.07) is 0. The summed E-state index contributed by atoms with van der Waals surface area (Å²) in [6.07, 6.45) is 6.90. The Morgan fingerprint density at radius 3 is 2.29 bits per heavy atom. The van der Waals surface area contributed by atoms with Crippen molar-refractivity contribution < 1.29 is 0 Å². The Morgan fingerprint density at radius 2 is 1.93 bits per heavy atom. The molecule has 3 saturated carbocycles. The lowest BCUT2D eigenvalue weighted by Crippen LogP contribution is -2.64. The van der Waals surface area contributed by atoms with Gasteiger partial charge in [-0.1, -0.05) is 12.8 Å². The summed E-state index contributed by atoms with van der Waals surface area (Å²) in [5, 5.41) is 2.08. The molecule has 0 heterocycles. The van der Waals surface area contributed by atoms with Gasteiger partial charge in [0.25, 0.3) is 0 Å². The minimum absolute atomic E-state index is 0.213. The fourth-order valence-corrected chi connectivity index (χ4v) is 3.48. The van der Waals surface area contributed by atoms with Crippen LogP contribution >= 0.6 is 0 Å². The number of nitrogens with two attached hydrogens (primary N) is 1. The summed E-state index contributed by atoms with van der Waals surface area (Å²) >= 11 is 0. The number of nitrogens with zero attached hydrogens (tertiary/aromatic N) is 1. The van der Waals surface area contributed by atoms with Crippen LogP contribution in [0, 0.1) is 11.8 Å². The van der Waals surface area contributed by atoms with E-state index in [0.29, 0.717) is 0 Å². The lowest BCUT2D eigenvalue weighted by atomic mass is 9.60. The molecule has 3 rings (SSSR count). The van der Waals surface area contributed by atoms with Gasteiger partial charge in [0.15, 0.2) is 0 Å². The van der Waals surface area contributed by atoms with Gasteiger partial charge in [0.1, 0.15) is 0 Å². The monoisotopic (exact) mass is 197 g/mol. The Morgan fingerprint density at radius 1 is 1.29 bits per heavy atom. The first-order chi connectivity index (χ1) is 6.66. The molecule has 82 valence electrons. The second-order valence-electron chi connectivity index (χ2n) is 5.29. The fraction of sp³-hybridized carbons (Fsp3) is 1.00. The molecule has 3 aliphatic carbocycles. The van der Waals surface area contributed by atoms with Gasteiger partial charge in [-0.3, -0.25) is 5.01 Å². The van der Waals surface area contributed by atoms with Crippen LogP contribution in [0.1, 0.15) is 32.1 Å². The zero-order valence-electron chi connectivity index (χ0n) is 9.42. The van der Waals surface area contributed by atoms with E-state index in [1.54, 1.807) is 0 Å². The number of nitrogens with one attached hydrogen (secondary N) is 1. The molecule has 0 aliphatic heterocycles. The molecular weight excluding hydrogens is 174 g/mol. The number of hydrogen-bond acceptors (Lipinski definition) is 3. The van der Waals surface area contributed by atoms with Gasteiger partial charge in [-0.25, -0.2) is 5.43 Å². The number of hydrogen-bond donors (Lipinski definition) is 2. The lowest BCUT2D eigenvalue weighted by Gasteiger charge is -2.52. The van der Waals surface area contributed by atoms with Crippen LogP contribution < -0.4 is 11.2 Å². The van der Waals surface area contributed by atoms with Gasteiger partial charge in [0, 0.05) is 26.2 Å². The molecular formula is C11H23N3. The summed E-state index contributed by atoms with van der Waals surface area (Å²) < 4.78 is 0. The van der Waals surface area contributed by atoms with Crippen molar-refractivity contribution in [3.8, 4) is 0 Å². The zero-order chi connectivity index (χ0) is 10.2. The largest absolute Gasteiger partial charge is 0.329 e. The van der Waals surface area contributed by atoms with Crippen LogP contribution in [0.5, 0.6) is 0 Å². The van der Waals surface area contributed by atoms with Gasteiger partial charge < -0.3 is 5.73 Å². The molecule has 3 N–H and O–H groups in total. The molecule has 3 heteroatoms. The van der Waals surface area contributed by atoms with Crippen LogP contribution in [-0.2, 0) is 0 Å². The molecule has 0 spiro atoms. The summed E-state index contributed by atoms with van der Waals surface area (Å²) in [4.78, 5) is 0. The van der Waals surface area contributed by atoms with E-state index in [1.165, 1.54) is 32.1 Å². The Hall–Kier alpha value is -0.120. The first-order valence-electron chi connectivity index (χ1n) is 5.81. The van der Waals surface area contributed by atoms with Crippen LogP contribution in [0.4, 0.5) is 0 Å². The number of rotatable bonds is 3. The summed E-state index contributed by atoms with van der Waals surface area (Å²) in [6.45, 7) is 0.784. The highest BCUT2D eigenvalue weighted by atomic mass is 15.5. The first kappa shape index (κ1) is 10.4. The average molecular weight is 197 g/mol. The van der Waals surface area contributed by atoms with Crippen molar-refractivity contribution in [3.63, 3.8) is 0 Å². The number of hydrazine groups is 1. The van der Waals surface area contributed by atoms with Crippen LogP contribution in [-0.4, -0.2) is 31.2 Å². The van der Waals surface area contributed by atoms with Crippen LogP contribution in [0.25, 0.3) is 0 Å². The minimum atomic E-state index is 0.213. The molecule has 0 saturated heterocycles. The first-order valence-corrected chi connectivity index (χ1v) is 5.81. The van der Waals surface area contributed by atoms with Gasteiger partial charge in [0.05, 0.1) is 0 Å². The predicted octanol–water partition coefficient (Wildman–Crippen LogP) is 0.960. The molecule has 2 bridgehead atoms. The lowest BCUT2D eigenvalue weighted by molar-refractivity contribution is 0.00204. The Bertz CT molecular complexity index is 193. The van der Waals surface area contributed by atoms with Crippen molar-refractivity contribution in [3.05, 3.63) is 0 Å². The molecule has 0 aromatic carbocycles. The minimum Gasteiger partial charge on any atom is -0.329 e. The van der Waals surface area contributed by atoms with Crippen molar-refractivity contribution in [2.45, 2.75) is 37.6 Å². The Labute approximate surface area is 87.0 Å². The van der Waals surface area contributed by atoms with E-state index < -0.39 is 0 Å². The molecule has 0 radical (unpaired) electrons. The van der Waals surface area contributed by atoms with Crippen molar-refractivity contribution in [1.29, 1.82) is 0 Å². The molecule has 1 atom stereocenters. The quantitative estimate of drug-likeness (QED) is 0.662. The topological polar surface area (TPSA) is 41.3 Å². The van der Waals surface area contributed by atoms with Gasteiger partial charge in [-0.05, 0) is 31.1 Å². The SMILES string of the molecule is CN(C)NC1(CN)CC2CCC1CC2. The number of fused-ring (bicyclic) bond motifs is 3. The zero-order valence-corrected chi connectivity index (χ0v) is 9.42. The summed E-state index contributed by atoms with van der Waals surface area (Å²) in [5.41, 5.74) is 9.78. The molecule has 3 aliphatic rings. The maximum Gasteiger partial charge on any atom is 0.0478 e. The smallest absolute Gasteiger partial charge is 0.0478 e. The van der Waals surface area contributed by atoms with Crippen molar-refractivity contribution in [2.24, 2.45) is 17.6 Å². The van der Waals surface area contributed by atoms with E-state index in [0.717, 1.165) is 18.4 Å². The van der Waals surface area contributed by atoms with Crippen molar-refractivity contribution >= 4 is 0 Å². The van der Waals surface area contributed by atoms with E-state index >= 15 is 0 Å². The Balaban J connectivity index is 2.11. The van der Waals surface area contributed by atoms with E-state index in [4.69, 9.17) is 5.73 Å². The van der Waals surface area contributed by atoms with E-state index in [1.807, 2.05) is 0 Å². The maximum absolute atomic E-state index is 5.98. The highest BCUT2D eigenvalue weighted by Crippen LogP contribution is 2.46. The molecule has 1 unspecified atom stereocenters. The van der Waals surface area contributed by atoms with Gasteiger partial charge >= 0.3 is 0 Å². The predicted molar refractivity (Wildman–Crippen MR) is 58.7 cm³/mol. The molecule has 14 heavy (non-hydrogen) atoms. The third kappa shape index (κ3) is 1.69. The highest BCUT2D eigenvalue weighted by Gasteiger charge is 2.46. The second-order valence-corrected chi connectivity index (χ2v) is 5.29. The summed E-state index contributed by atoms with van der Waals surface area (Å²) in [5.74, 6) is 1.73. The molecule has 3 nitrogen and oxygen atoms in total. The second kappa shape index (κ2) is 3.80. The van der Waals surface area contributed by atoms with Crippen molar-refractivity contribution in [2.75, 3.05) is 20.6 Å². The molecule has 0 amide bonds.